The number of rotatable bonds is 6. The molecule has 1 saturated heterocycles. The summed E-state index contributed by atoms with van der Waals surface area (Å²) in [6, 6.07) is 18.1. The molecule has 2 aromatic carbocycles. The second-order valence-corrected chi connectivity index (χ2v) is 8.30. The minimum absolute atomic E-state index is 0.00655. The van der Waals surface area contributed by atoms with Crippen molar-refractivity contribution in [3.63, 3.8) is 0 Å². The zero-order valence-electron chi connectivity index (χ0n) is 16.7. The van der Waals surface area contributed by atoms with Crippen molar-refractivity contribution in [2.24, 2.45) is 5.92 Å². The predicted molar refractivity (Wildman–Crippen MR) is 117 cm³/mol. The summed E-state index contributed by atoms with van der Waals surface area (Å²) in [6.45, 7) is 1.10. The average molecular weight is 421 g/mol. The van der Waals surface area contributed by atoms with Crippen LogP contribution in [0, 0.1) is 5.92 Å². The second kappa shape index (κ2) is 9.63. The number of nitrogens with zero attached hydrogens (tertiary/aromatic N) is 3. The van der Waals surface area contributed by atoms with E-state index in [1.54, 1.807) is 5.51 Å². The van der Waals surface area contributed by atoms with Crippen molar-refractivity contribution in [1.82, 2.24) is 15.1 Å². The smallest absolute Gasteiger partial charge is 0.254 e. The minimum atomic E-state index is -0.233. The van der Waals surface area contributed by atoms with Crippen LogP contribution in [0.4, 0.5) is 5.13 Å². The summed E-state index contributed by atoms with van der Waals surface area (Å²) in [5.74, 6) is -0.322. The van der Waals surface area contributed by atoms with Crippen molar-refractivity contribution < 1.29 is 9.59 Å². The first-order valence-electron chi connectivity index (χ1n) is 10.2. The lowest BCUT2D eigenvalue weighted by molar-refractivity contribution is -0.121. The molecule has 1 N–H and O–H groups in total. The molecule has 3 aromatic rings. The fourth-order valence-electron chi connectivity index (χ4n) is 3.85. The van der Waals surface area contributed by atoms with E-state index >= 15 is 0 Å². The summed E-state index contributed by atoms with van der Waals surface area (Å²) in [4.78, 5) is 27.7. The van der Waals surface area contributed by atoms with Gasteiger partial charge in [-0.25, -0.2) is 0 Å². The maximum absolute atomic E-state index is 13.3. The molecule has 6 nitrogen and oxygen atoms in total. The molecule has 2 amide bonds. The lowest BCUT2D eigenvalue weighted by Crippen LogP contribution is -2.44. The Labute approximate surface area is 180 Å². The van der Waals surface area contributed by atoms with Crippen LogP contribution in [0.25, 0.3) is 0 Å². The van der Waals surface area contributed by atoms with Crippen molar-refractivity contribution in [2.45, 2.75) is 25.7 Å². The molecule has 0 unspecified atom stereocenters. The molecule has 2 heterocycles. The normalized spacial score (nSPS) is 16.3. The lowest BCUT2D eigenvalue weighted by atomic mass is 9.95. The van der Waals surface area contributed by atoms with Crippen molar-refractivity contribution in [2.75, 3.05) is 18.4 Å². The van der Waals surface area contributed by atoms with E-state index in [-0.39, 0.29) is 17.7 Å². The number of anilines is 1. The van der Waals surface area contributed by atoms with Gasteiger partial charge < -0.3 is 10.2 Å². The highest BCUT2D eigenvalue weighted by Crippen LogP contribution is 2.22. The molecule has 7 heteroatoms. The molecule has 154 valence electrons. The van der Waals surface area contributed by atoms with Gasteiger partial charge in [0, 0.05) is 18.7 Å². The van der Waals surface area contributed by atoms with Crippen LogP contribution in [0.15, 0.2) is 60.1 Å². The molecule has 4 rings (SSSR count). The molecule has 0 radical (unpaired) electrons. The highest BCUT2D eigenvalue weighted by atomic mass is 32.1. The topological polar surface area (TPSA) is 75.2 Å². The molecule has 1 atom stereocenters. The zero-order chi connectivity index (χ0) is 20.8. The van der Waals surface area contributed by atoms with Crippen LogP contribution in [0.5, 0.6) is 0 Å². The van der Waals surface area contributed by atoms with Crippen LogP contribution in [0.1, 0.15) is 34.3 Å². The summed E-state index contributed by atoms with van der Waals surface area (Å²) in [5, 5.41) is 10.9. The highest BCUT2D eigenvalue weighted by molar-refractivity contribution is 7.13. The van der Waals surface area contributed by atoms with Crippen molar-refractivity contribution in [3.8, 4) is 0 Å². The molecule has 1 aliphatic heterocycles. The van der Waals surface area contributed by atoms with E-state index in [1.165, 1.54) is 16.9 Å². The first kappa shape index (κ1) is 20.2. The van der Waals surface area contributed by atoms with E-state index in [4.69, 9.17) is 0 Å². The Morgan fingerprint density at radius 1 is 1.07 bits per heavy atom. The number of aryl methyl sites for hydroxylation is 2. The number of nitrogens with one attached hydrogen (secondary N) is 1. The number of hydrogen-bond donors (Lipinski definition) is 1. The maximum Gasteiger partial charge on any atom is 0.254 e. The van der Waals surface area contributed by atoms with E-state index in [2.05, 4.69) is 27.6 Å². The molecule has 0 spiro atoms. The Morgan fingerprint density at radius 2 is 1.87 bits per heavy atom. The first-order chi connectivity index (χ1) is 14.7. The van der Waals surface area contributed by atoms with Gasteiger partial charge in [-0.2, -0.15) is 0 Å². The number of carbonyl (C=O) groups excluding carboxylic acids is 2. The quantitative estimate of drug-likeness (QED) is 0.658. The monoisotopic (exact) mass is 420 g/mol. The number of carbonyl (C=O) groups is 2. The molecule has 0 aliphatic carbocycles. The van der Waals surface area contributed by atoms with Gasteiger partial charge in [-0.1, -0.05) is 59.9 Å². The number of hydrogen-bond acceptors (Lipinski definition) is 5. The van der Waals surface area contributed by atoms with Gasteiger partial charge in [-0.05, 0) is 42.9 Å². The van der Waals surface area contributed by atoms with Crippen LogP contribution in [0.3, 0.4) is 0 Å². The van der Waals surface area contributed by atoms with Gasteiger partial charge in [0.05, 0.1) is 5.92 Å². The zero-order valence-corrected chi connectivity index (χ0v) is 17.5. The van der Waals surface area contributed by atoms with Crippen LogP contribution in [-0.4, -0.2) is 40.0 Å². The van der Waals surface area contributed by atoms with Crippen molar-refractivity contribution >= 4 is 28.3 Å². The largest absolute Gasteiger partial charge is 0.338 e. The molecule has 30 heavy (non-hydrogen) atoms. The molecule has 0 bridgehead atoms. The van der Waals surface area contributed by atoms with Crippen LogP contribution in [-0.2, 0) is 17.6 Å². The molecular weight excluding hydrogens is 396 g/mol. The minimum Gasteiger partial charge on any atom is -0.338 e. The Hall–Kier alpha value is -3.06. The number of aromatic nitrogens is 2. The summed E-state index contributed by atoms with van der Waals surface area (Å²) < 4.78 is 0. The van der Waals surface area contributed by atoms with E-state index in [0.29, 0.717) is 18.2 Å². The first-order valence-corrected chi connectivity index (χ1v) is 11.1. The number of piperidine rings is 1. The third kappa shape index (κ3) is 4.91. The summed E-state index contributed by atoms with van der Waals surface area (Å²) in [5.41, 5.74) is 4.62. The van der Waals surface area contributed by atoms with E-state index < -0.39 is 0 Å². The van der Waals surface area contributed by atoms with Gasteiger partial charge in [0.2, 0.25) is 11.0 Å². The number of likely N-dealkylation sites (tertiary alicyclic amines) is 1. The van der Waals surface area contributed by atoms with E-state index in [0.717, 1.165) is 36.8 Å². The molecule has 1 aromatic heterocycles. The van der Waals surface area contributed by atoms with Gasteiger partial charge >= 0.3 is 0 Å². The Morgan fingerprint density at radius 3 is 2.67 bits per heavy atom. The second-order valence-electron chi connectivity index (χ2n) is 7.47. The number of amides is 2. The van der Waals surface area contributed by atoms with Gasteiger partial charge in [0.25, 0.3) is 5.91 Å². The average Bonchev–Trinajstić information content (AvgIpc) is 3.31. The standard InChI is InChI=1S/C23H24N4O2S/c28-21(25-23-26-24-16-30-23)19-10-6-14-27(15-19)22(29)20-11-5-4-9-18(20)13-12-17-7-2-1-3-8-17/h1-5,7-9,11,16,19H,6,10,12-15H2,(H,25,26,28)/t19-/m1/s1. The molecular formula is C23H24N4O2S. The van der Waals surface area contributed by atoms with Gasteiger partial charge in [0.1, 0.15) is 5.51 Å². The Kier molecular flexibility index (Phi) is 6.49. The van der Waals surface area contributed by atoms with Crippen LogP contribution >= 0.6 is 11.3 Å². The summed E-state index contributed by atoms with van der Waals surface area (Å²) in [7, 11) is 0. The Balaban J connectivity index is 1.43. The third-order valence-corrected chi connectivity index (χ3v) is 6.05. The Bertz CT molecular complexity index is 991. The van der Waals surface area contributed by atoms with E-state index in [9.17, 15) is 9.59 Å². The fourth-order valence-corrected chi connectivity index (χ4v) is 4.30. The van der Waals surface area contributed by atoms with E-state index in [1.807, 2.05) is 47.4 Å². The molecule has 1 aliphatic rings. The lowest BCUT2D eigenvalue weighted by Gasteiger charge is -2.32. The molecule has 0 saturated carbocycles. The van der Waals surface area contributed by atoms with Gasteiger partial charge in [0.15, 0.2) is 0 Å². The summed E-state index contributed by atoms with van der Waals surface area (Å²) in [6.07, 6.45) is 3.27. The molecule has 1 fully saturated rings. The third-order valence-electron chi connectivity index (χ3n) is 5.44. The summed E-state index contributed by atoms with van der Waals surface area (Å²) >= 11 is 1.29. The number of benzene rings is 2. The van der Waals surface area contributed by atoms with Crippen molar-refractivity contribution in [1.29, 1.82) is 0 Å². The highest BCUT2D eigenvalue weighted by Gasteiger charge is 2.30. The fraction of sp³-hybridized carbons (Fsp3) is 0.304. The predicted octanol–water partition coefficient (Wildman–Crippen LogP) is 3.81. The van der Waals surface area contributed by atoms with Crippen LogP contribution < -0.4 is 5.32 Å². The van der Waals surface area contributed by atoms with Gasteiger partial charge in [-0.15, -0.1) is 10.2 Å². The van der Waals surface area contributed by atoms with Crippen molar-refractivity contribution in [3.05, 3.63) is 76.8 Å². The van der Waals surface area contributed by atoms with Gasteiger partial charge in [-0.3, -0.25) is 9.59 Å². The van der Waals surface area contributed by atoms with Crippen LogP contribution in [0.2, 0.25) is 0 Å². The SMILES string of the molecule is O=C(Nc1nncs1)[C@@H]1CCCN(C(=O)c2ccccc2CCc2ccccc2)C1. The maximum atomic E-state index is 13.3.